The average molecular weight is 258 g/mol. The Labute approximate surface area is 107 Å². The first kappa shape index (κ1) is 15.2. The van der Waals surface area contributed by atoms with Crippen molar-refractivity contribution in [3.8, 4) is 5.75 Å². The lowest BCUT2D eigenvalue weighted by Crippen LogP contribution is -2.22. The molecule has 0 aromatic heterocycles. The molecule has 1 aromatic rings. The fourth-order valence-corrected chi connectivity index (χ4v) is 0.979. The van der Waals surface area contributed by atoms with Crippen molar-refractivity contribution in [1.29, 1.82) is 0 Å². The van der Waals surface area contributed by atoms with Gasteiger partial charge in [0.25, 0.3) is 0 Å². The van der Waals surface area contributed by atoms with Gasteiger partial charge in [-0.1, -0.05) is 12.1 Å². The van der Waals surface area contributed by atoms with Gasteiger partial charge in [0.2, 0.25) is 0 Å². The number of hydrogen-bond acceptors (Lipinski definition) is 3. The van der Waals surface area contributed by atoms with Crippen LogP contribution in [0.3, 0.4) is 0 Å². The maximum atomic E-state index is 11.1. The van der Waals surface area contributed by atoms with E-state index in [9.17, 15) is 4.79 Å². The second kappa shape index (κ2) is 7.51. The predicted octanol–water partition coefficient (Wildman–Crippen LogP) is 2.05. The number of benzene rings is 1. The summed E-state index contributed by atoms with van der Waals surface area (Å²) in [6.07, 6.45) is 1.14. The van der Waals surface area contributed by atoms with Crippen LogP contribution in [0.15, 0.2) is 29.3 Å². The molecule has 1 aromatic carbocycles. The minimum absolute atomic E-state index is 0. The molecule has 1 rings (SSSR count). The molecule has 0 aliphatic heterocycles. The van der Waals surface area contributed by atoms with Crippen LogP contribution in [0.4, 0.5) is 10.5 Å². The standard InChI is InChI=1S/C11H15N3O2.ClH/c1-12-11(15)16-10-7-5-4-6-9(10)13-8-14(2)3;/h4-8H,1-3H3,(H,12,15);1H. The summed E-state index contributed by atoms with van der Waals surface area (Å²) in [4.78, 5) is 17.1. The lowest BCUT2D eigenvalue weighted by molar-refractivity contribution is 0.203. The average Bonchev–Trinajstić information content (AvgIpc) is 2.27. The Morgan fingerprint density at radius 2 is 2.06 bits per heavy atom. The third-order valence-corrected chi connectivity index (χ3v) is 1.70. The van der Waals surface area contributed by atoms with Gasteiger partial charge in [0.05, 0.1) is 6.34 Å². The molecule has 5 nitrogen and oxygen atoms in total. The van der Waals surface area contributed by atoms with E-state index >= 15 is 0 Å². The molecule has 0 unspecified atom stereocenters. The zero-order chi connectivity index (χ0) is 12.0. The molecule has 0 radical (unpaired) electrons. The van der Waals surface area contributed by atoms with Crippen molar-refractivity contribution < 1.29 is 9.53 Å². The SMILES string of the molecule is CNC(=O)Oc1ccccc1N=CN(C)C.Cl. The summed E-state index contributed by atoms with van der Waals surface area (Å²) >= 11 is 0. The molecule has 0 spiro atoms. The van der Waals surface area contributed by atoms with E-state index in [2.05, 4.69) is 10.3 Å². The monoisotopic (exact) mass is 257 g/mol. The third kappa shape index (κ3) is 5.21. The largest absolute Gasteiger partial charge is 0.412 e. The molecule has 94 valence electrons. The van der Waals surface area contributed by atoms with Crippen LogP contribution in [-0.2, 0) is 0 Å². The van der Waals surface area contributed by atoms with E-state index in [1.807, 2.05) is 20.2 Å². The Hall–Kier alpha value is -1.75. The molecule has 0 atom stereocenters. The zero-order valence-electron chi connectivity index (χ0n) is 10.0. The van der Waals surface area contributed by atoms with E-state index in [1.54, 1.807) is 29.4 Å². The fraction of sp³-hybridized carbons (Fsp3) is 0.273. The topological polar surface area (TPSA) is 53.9 Å². The number of aliphatic imine (C=N–C) groups is 1. The number of carbonyl (C=O) groups excluding carboxylic acids is 1. The number of nitrogens with one attached hydrogen (secondary N) is 1. The second-order valence-corrected chi connectivity index (χ2v) is 3.32. The summed E-state index contributed by atoms with van der Waals surface area (Å²) in [6, 6.07) is 7.09. The number of amides is 1. The van der Waals surface area contributed by atoms with E-state index in [0.29, 0.717) is 11.4 Å². The van der Waals surface area contributed by atoms with E-state index in [1.165, 1.54) is 7.05 Å². The van der Waals surface area contributed by atoms with E-state index in [4.69, 9.17) is 4.74 Å². The summed E-state index contributed by atoms with van der Waals surface area (Å²) in [7, 11) is 5.24. The Morgan fingerprint density at radius 1 is 1.41 bits per heavy atom. The Bertz CT molecular complexity index is 394. The third-order valence-electron chi connectivity index (χ3n) is 1.70. The highest BCUT2D eigenvalue weighted by molar-refractivity contribution is 5.85. The van der Waals surface area contributed by atoms with Gasteiger partial charge in [0, 0.05) is 21.1 Å². The minimum Gasteiger partial charge on any atom is -0.408 e. The van der Waals surface area contributed by atoms with Crippen LogP contribution in [0.5, 0.6) is 5.75 Å². The zero-order valence-corrected chi connectivity index (χ0v) is 10.8. The van der Waals surface area contributed by atoms with Crippen molar-refractivity contribution >= 4 is 30.5 Å². The molecule has 0 saturated carbocycles. The number of hydrogen-bond donors (Lipinski definition) is 1. The van der Waals surface area contributed by atoms with Crippen LogP contribution in [0, 0.1) is 0 Å². The van der Waals surface area contributed by atoms with Gasteiger partial charge in [-0.3, -0.25) is 0 Å². The molecule has 0 fully saturated rings. The van der Waals surface area contributed by atoms with E-state index in [-0.39, 0.29) is 12.4 Å². The van der Waals surface area contributed by atoms with Crippen LogP contribution in [0.2, 0.25) is 0 Å². The van der Waals surface area contributed by atoms with E-state index < -0.39 is 6.09 Å². The molecule has 0 bridgehead atoms. The van der Waals surface area contributed by atoms with Crippen LogP contribution in [0.1, 0.15) is 0 Å². The molecule has 0 aliphatic carbocycles. The second-order valence-electron chi connectivity index (χ2n) is 3.32. The molecule has 0 heterocycles. The highest BCUT2D eigenvalue weighted by Crippen LogP contribution is 2.26. The van der Waals surface area contributed by atoms with Crippen LogP contribution >= 0.6 is 12.4 Å². The predicted molar refractivity (Wildman–Crippen MR) is 70.6 cm³/mol. The van der Waals surface area contributed by atoms with Crippen molar-refractivity contribution in [2.24, 2.45) is 4.99 Å². The van der Waals surface area contributed by atoms with E-state index in [0.717, 1.165) is 0 Å². The first-order chi connectivity index (χ1) is 7.63. The minimum atomic E-state index is -0.507. The lowest BCUT2D eigenvalue weighted by Gasteiger charge is -2.07. The van der Waals surface area contributed by atoms with Crippen LogP contribution in [-0.4, -0.2) is 38.5 Å². The van der Waals surface area contributed by atoms with Crippen LogP contribution < -0.4 is 10.1 Å². The quantitative estimate of drug-likeness (QED) is 0.666. The van der Waals surface area contributed by atoms with Crippen molar-refractivity contribution in [3.05, 3.63) is 24.3 Å². The summed E-state index contributed by atoms with van der Waals surface area (Å²) in [6.45, 7) is 0. The Balaban J connectivity index is 0.00000256. The number of rotatable bonds is 3. The number of halogens is 1. The molecule has 1 amide bonds. The summed E-state index contributed by atoms with van der Waals surface area (Å²) in [5, 5.41) is 2.38. The number of carbonyl (C=O) groups is 1. The molecule has 6 heteroatoms. The summed E-state index contributed by atoms with van der Waals surface area (Å²) in [5.41, 5.74) is 0.611. The maximum Gasteiger partial charge on any atom is 0.412 e. The highest BCUT2D eigenvalue weighted by atomic mass is 35.5. The smallest absolute Gasteiger partial charge is 0.408 e. The molecule has 1 N–H and O–H groups in total. The summed E-state index contributed by atoms with van der Waals surface area (Å²) in [5.74, 6) is 0.431. The van der Waals surface area contributed by atoms with Crippen molar-refractivity contribution in [3.63, 3.8) is 0 Å². The van der Waals surface area contributed by atoms with Gasteiger partial charge in [-0.2, -0.15) is 0 Å². The van der Waals surface area contributed by atoms with Gasteiger partial charge in [0.1, 0.15) is 5.69 Å². The van der Waals surface area contributed by atoms with Gasteiger partial charge in [-0.05, 0) is 12.1 Å². The fourth-order valence-electron chi connectivity index (χ4n) is 0.979. The van der Waals surface area contributed by atoms with Gasteiger partial charge >= 0.3 is 6.09 Å². The number of nitrogens with zero attached hydrogens (tertiary/aromatic N) is 2. The Morgan fingerprint density at radius 3 is 2.65 bits per heavy atom. The van der Waals surface area contributed by atoms with Crippen molar-refractivity contribution in [2.75, 3.05) is 21.1 Å². The molecule has 17 heavy (non-hydrogen) atoms. The highest BCUT2D eigenvalue weighted by Gasteiger charge is 2.05. The summed E-state index contributed by atoms with van der Waals surface area (Å²) < 4.78 is 5.04. The number of para-hydroxylation sites is 2. The van der Waals surface area contributed by atoms with Gasteiger partial charge in [-0.25, -0.2) is 9.79 Å². The first-order valence-electron chi connectivity index (χ1n) is 4.82. The maximum absolute atomic E-state index is 11.1. The number of ether oxygens (including phenoxy) is 1. The van der Waals surface area contributed by atoms with Gasteiger partial charge < -0.3 is 15.0 Å². The van der Waals surface area contributed by atoms with Crippen LogP contribution in [0.25, 0.3) is 0 Å². The van der Waals surface area contributed by atoms with Crippen molar-refractivity contribution in [2.45, 2.75) is 0 Å². The normalized spacial score (nSPS) is 9.59. The Kier molecular flexibility index (Phi) is 6.74. The molecular weight excluding hydrogens is 242 g/mol. The first-order valence-corrected chi connectivity index (χ1v) is 4.82. The molecular formula is C11H16ClN3O2. The van der Waals surface area contributed by atoms with Gasteiger partial charge in [0.15, 0.2) is 5.75 Å². The lowest BCUT2D eigenvalue weighted by atomic mass is 10.3. The van der Waals surface area contributed by atoms with Gasteiger partial charge in [-0.15, -0.1) is 12.4 Å². The van der Waals surface area contributed by atoms with Crippen molar-refractivity contribution in [1.82, 2.24) is 10.2 Å². The molecule has 0 aliphatic rings. The molecule has 0 saturated heterocycles.